The molecule has 0 spiro atoms. The average molecular weight is 319 g/mol. The van der Waals surface area contributed by atoms with Gasteiger partial charge in [0.15, 0.2) is 6.61 Å². The summed E-state index contributed by atoms with van der Waals surface area (Å²) in [6.45, 7) is 8.05. The van der Waals surface area contributed by atoms with Crippen LogP contribution in [0.4, 0.5) is 0 Å². The number of hydrogen-bond donors (Lipinski definition) is 1. The van der Waals surface area contributed by atoms with Crippen molar-refractivity contribution in [1.29, 1.82) is 0 Å². The lowest BCUT2D eigenvalue weighted by Crippen LogP contribution is -2.52. The lowest BCUT2D eigenvalue weighted by atomic mass is 9.99. The Morgan fingerprint density at radius 2 is 2.09 bits per heavy atom. The molecule has 1 saturated heterocycles. The predicted octanol–water partition coefficient (Wildman–Crippen LogP) is 2.96. The molecule has 1 atom stereocenters. The van der Waals surface area contributed by atoms with Crippen LogP contribution in [0, 0.1) is 6.92 Å². The van der Waals surface area contributed by atoms with E-state index in [-0.39, 0.29) is 18.4 Å². The minimum absolute atomic E-state index is 0.133. The topological polar surface area (TPSA) is 66.8 Å². The van der Waals surface area contributed by atoms with E-state index >= 15 is 0 Å². The van der Waals surface area contributed by atoms with Gasteiger partial charge in [0.2, 0.25) is 0 Å². The normalized spacial score (nSPS) is 20.8. The Hall–Kier alpha value is -2.04. The second-order valence-electron chi connectivity index (χ2n) is 6.71. The number of nitrogens with zero attached hydrogens (tertiary/aromatic N) is 1. The number of hydrogen-bond acceptors (Lipinski definition) is 3. The van der Waals surface area contributed by atoms with E-state index in [2.05, 4.69) is 13.8 Å². The molecule has 1 aromatic rings. The number of aliphatic carboxylic acids is 1. The molecule has 1 unspecified atom stereocenters. The highest BCUT2D eigenvalue weighted by Crippen LogP contribution is 2.30. The zero-order valence-electron chi connectivity index (χ0n) is 14.3. The van der Waals surface area contributed by atoms with Crippen molar-refractivity contribution in [3.8, 4) is 5.75 Å². The molecule has 0 saturated carbocycles. The fraction of sp³-hybridized carbons (Fsp3) is 0.556. The lowest BCUT2D eigenvalue weighted by Gasteiger charge is -2.31. The largest absolute Gasteiger partial charge is 0.483 e. The number of benzene rings is 1. The zero-order valence-corrected chi connectivity index (χ0v) is 14.3. The van der Waals surface area contributed by atoms with Gasteiger partial charge in [-0.05, 0) is 49.8 Å². The maximum absolute atomic E-state index is 12.4. The fourth-order valence-electron chi connectivity index (χ4n) is 3.05. The summed E-state index contributed by atoms with van der Waals surface area (Å²) in [5.74, 6) is -0.244. The summed E-state index contributed by atoms with van der Waals surface area (Å²) in [7, 11) is 0. The first-order valence-corrected chi connectivity index (χ1v) is 8.03. The SMILES string of the molecule is Cc1ccc(C(C)C)c(OCC(=O)N2CCCC2(C)C(=O)O)c1. The van der Waals surface area contributed by atoms with Gasteiger partial charge in [0.05, 0.1) is 0 Å². The van der Waals surface area contributed by atoms with Crippen LogP contribution in [0.5, 0.6) is 5.75 Å². The molecule has 1 aliphatic rings. The average Bonchev–Trinajstić information content (AvgIpc) is 2.88. The van der Waals surface area contributed by atoms with Gasteiger partial charge >= 0.3 is 5.97 Å². The minimum atomic E-state index is -1.12. The van der Waals surface area contributed by atoms with E-state index in [1.807, 2.05) is 25.1 Å². The molecular weight excluding hydrogens is 294 g/mol. The quantitative estimate of drug-likeness (QED) is 0.906. The van der Waals surface area contributed by atoms with E-state index in [0.29, 0.717) is 25.1 Å². The Bertz CT molecular complexity index is 611. The second kappa shape index (κ2) is 6.60. The maximum atomic E-state index is 12.4. The number of carboxylic acid groups (broad SMARTS) is 1. The van der Waals surface area contributed by atoms with Crippen LogP contribution in [0.15, 0.2) is 18.2 Å². The van der Waals surface area contributed by atoms with Crippen molar-refractivity contribution < 1.29 is 19.4 Å². The highest BCUT2D eigenvalue weighted by atomic mass is 16.5. The van der Waals surface area contributed by atoms with E-state index in [0.717, 1.165) is 11.1 Å². The van der Waals surface area contributed by atoms with Gasteiger partial charge < -0.3 is 14.7 Å². The van der Waals surface area contributed by atoms with Crippen molar-refractivity contribution in [2.24, 2.45) is 0 Å². The first-order chi connectivity index (χ1) is 10.8. The van der Waals surface area contributed by atoms with Gasteiger partial charge in [0, 0.05) is 6.54 Å². The molecule has 5 heteroatoms. The van der Waals surface area contributed by atoms with Crippen molar-refractivity contribution >= 4 is 11.9 Å². The first kappa shape index (κ1) is 17.3. The number of carbonyl (C=O) groups is 2. The molecular formula is C18H25NO4. The van der Waals surface area contributed by atoms with Crippen LogP contribution in [0.2, 0.25) is 0 Å². The van der Waals surface area contributed by atoms with E-state index in [1.54, 1.807) is 6.92 Å². The molecule has 1 heterocycles. The van der Waals surface area contributed by atoms with Crippen LogP contribution < -0.4 is 4.74 Å². The molecule has 126 valence electrons. The number of carboxylic acids is 1. The third kappa shape index (κ3) is 3.49. The van der Waals surface area contributed by atoms with Gasteiger partial charge in [-0.25, -0.2) is 4.79 Å². The second-order valence-corrected chi connectivity index (χ2v) is 6.71. The van der Waals surface area contributed by atoms with Crippen molar-refractivity contribution in [3.05, 3.63) is 29.3 Å². The Morgan fingerprint density at radius 3 is 2.70 bits per heavy atom. The molecule has 2 rings (SSSR count). The van der Waals surface area contributed by atoms with Crippen LogP contribution in [-0.4, -0.2) is 40.6 Å². The molecule has 1 aliphatic heterocycles. The van der Waals surface area contributed by atoms with Gasteiger partial charge in [-0.3, -0.25) is 4.79 Å². The Labute approximate surface area is 137 Å². The van der Waals surface area contributed by atoms with Gasteiger partial charge in [0.1, 0.15) is 11.3 Å². The number of rotatable bonds is 5. The summed E-state index contributed by atoms with van der Waals surface area (Å²) in [5.41, 5.74) is 0.993. The van der Waals surface area contributed by atoms with Crippen LogP contribution in [0.3, 0.4) is 0 Å². The molecule has 23 heavy (non-hydrogen) atoms. The molecule has 1 fully saturated rings. The molecule has 1 aromatic carbocycles. The molecule has 0 radical (unpaired) electrons. The summed E-state index contributed by atoms with van der Waals surface area (Å²) < 4.78 is 5.74. The number of ether oxygens (including phenoxy) is 1. The monoisotopic (exact) mass is 319 g/mol. The summed E-state index contributed by atoms with van der Waals surface area (Å²) in [4.78, 5) is 25.3. The first-order valence-electron chi connectivity index (χ1n) is 8.03. The van der Waals surface area contributed by atoms with Crippen LogP contribution in [-0.2, 0) is 9.59 Å². The van der Waals surface area contributed by atoms with Gasteiger partial charge in [-0.1, -0.05) is 26.0 Å². The third-order valence-corrected chi connectivity index (χ3v) is 4.55. The van der Waals surface area contributed by atoms with Crippen molar-refractivity contribution in [2.45, 2.75) is 52.0 Å². The predicted molar refractivity (Wildman–Crippen MR) is 87.8 cm³/mol. The van der Waals surface area contributed by atoms with E-state index in [4.69, 9.17) is 4.74 Å². The van der Waals surface area contributed by atoms with E-state index < -0.39 is 11.5 Å². The number of likely N-dealkylation sites (tertiary alicyclic amines) is 1. The van der Waals surface area contributed by atoms with Crippen molar-refractivity contribution in [1.82, 2.24) is 4.90 Å². The van der Waals surface area contributed by atoms with Crippen LogP contribution >= 0.6 is 0 Å². The summed E-state index contributed by atoms with van der Waals surface area (Å²) >= 11 is 0. The molecule has 0 aliphatic carbocycles. The van der Waals surface area contributed by atoms with E-state index in [9.17, 15) is 14.7 Å². The van der Waals surface area contributed by atoms with Gasteiger partial charge in [-0.15, -0.1) is 0 Å². The summed E-state index contributed by atoms with van der Waals surface area (Å²) in [6.07, 6.45) is 1.19. The maximum Gasteiger partial charge on any atom is 0.329 e. The van der Waals surface area contributed by atoms with E-state index in [1.165, 1.54) is 4.90 Å². The molecule has 0 bridgehead atoms. The number of carbonyl (C=O) groups excluding carboxylic acids is 1. The summed E-state index contributed by atoms with van der Waals surface area (Å²) in [5, 5.41) is 9.40. The standard InChI is InChI=1S/C18H25NO4/c1-12(2)14-7-6-13(3)10-15(14)23-11-16(20)19-9-5-8-18(19,4)17(21)22/h6-7,10,12H,5,8-9,11H2,1-4H3,(H,21,22). The number of amides is 1. The number of aryl methyl sites for hydroxylation is 1. The van der Waals surface area contributed by atoms with Crippen molar-refractivity contribution in [3.63, 3.8) is 0 Å². The smallest absolute Gasteiger partial charge is 0.329 e. The third-order valence-electron chi connectivity index (χ3n) is 4.55. The Morgan fingerprint density at radius 1 is 1.39 bits per heavy atom. The van der Waals surface area contributed by atoms with Crippen LogP contribution in [0.25, 0.3) is 0 Å². The highest BCUT2D eigenvalue weighted by molar-refractivity contribution is 5.88. The molecule has 0 aromatic heterocycles. The van der Waals surface area contributed by atoms with Crippen molar-refractivity contribution in [2.75, 3.05) is 13.2 Å². The highest BCUT2D eigenvalue weighted by Gasteiger charge is 2.45. The fourth-order valence-corrected chi connectivity index (χ4v) is 3.05. The molecule has 1 N–H and O–H groups in total. The Kier molecular flexibility index (Phi) is 4.97. The molecule has 5 nitrogen and oxygen atoms in total. The lowest BCUT2D eigenvalue weighted by molar-refractivity contribution is -0.156. The zero-order chi connectivity index (χ0) is 17.2. The van der Waals surface area contributed by atoms with Crippen LogP contribution in [0.1, 0.15) is 50.7 Å². The van der Waals surface area contributed by atoms with Gasteiger partial charge in [-0.2, -0.15) is 0 Å². The minimum Gasteiger partial charge on any atom is -0.483 e. The summed E-state index contributed by atoms with van der Waals surface area (Å²) in [6, 6.07) is 5.95. The molecule has 1 amide bonds. The van der Waals surface area contributed by atoms with Gasteiger partial charge in [0.25, 0.3) is 5.91 Å². The Balaban J connectivity index is 2.11.